The van der Waals surface area contributed by atoms with Crippen molar-refractivity contribution in [1.82, 2.24) is 10.3 Å². The third-order valence-electron chi connectivity index (χ3n) is 4.52. The Bertz CT molecular complexity index is 937. The number of benzene rings is 2. The fraction of sp³-hybridized carbons (Fsp3) is 0.190. The first kappa shape index (κ1) is 19.2. The number of carbonyl (C=O) groups is 2. The quantitative estimate of drug-likeness (QED) is 0.618. The molecule has 0 spiro atoms. The Labute approximate surface area is 163 Å². The van der Waals surface area contributed by atoms with Gasteiger partial charge in [-0.15, -0.1) is 5.01 Å². The number of nitrogens with zero attached hydrogens (tertiary/aromatic N) is 2. The van der Waals surface area contributed by atoms with Crippen molar-refractivity contribution in [2.75, 3.05) is 14.2 Å². The molecule has 1 N–H and O–H groups in total. The molecule has 2 aromatic rings. The molecule has 1 atom stereocenters. The van der Waals surface area contributed by atoms with Crippen molar-refractivity contribution >= 4 is 24.2 Å². The highest BCUT2D eigenvalue weighted by molar-refractivity contribution is 6.07. The molecule has 0 radical (unpaired) electrons. The standard InChI is InChI=1S/C21H21N3O4/c1-21(16-10-12-17(27-2)13-11-16)19(25)24(20(26)23-21)22-14-6-8-15-7-4-5-9-18(15)28-3/h4-14H,1-3H3,(H,23,26)/b8-6+,22-14+. The predicted octanol–water partition coefficient (Wildman–Crippen LogP) is 3.17. The third-order valence-corrected chi connectivity index (χ3v) is 4.52. The molecule has 7 nitrogen and oxygen atoms in total. The molecule has 1 aliphatic heterocycles. The Morgan fingerprint density at radius 2 is 1.75 bits per heavy atom. The molecule has 7 heteroatoms. The lowest BCUT2D eigenvalue weighted by Crippen LogP contribution is -2.40. The summed E-state index contributed by atoms with van der Waals surface area (Å²) in [5, 5.41) is 7.53. The molecule has 3 rings (SSSR count). The molecular weight excluding hydrogens is 358 g/mol. The summed E-state index contributed by atoms with van der Waals surface area (Å²) >= 11 is 0. The van der Waals surface area contributed by atoms with Gasteiger partial charge in [0, 0.05) is 11.8 Å². The molecule has 0 saturated carbocycles. The first-order valence-corrected chi connectivity index (χ1v) is 8.64. The number of carbonyl (C=O) groups excluding carboxylic acids is 2. The van der Waals surface area contributed by atoms with Gasteiger partial charge < -0.3 is 14.8 Å². The number of urea groups is 1. The van der Waals surface area contributed by atoms with Crippen LogP contribution in [0.25, 0.3) is 6.08 Å². The minimum absolute atomic E-state index is 0.454. The van der Waals surface area contributed by atoms with Gasteiger partial charge in [0.2, 0.25) is 0 Å². The van der Waals surface area contributed by atoms with Crippen LogP contribution in [0.2, 0.25) is 0 Å². The molecular formula is C21H21N3O4. The maximum Gasteiger partial charge on any atom is 0.346 e. The summed E-state index contributed by atoms with van der Waals surface area (Å²) < 4.78 is 10.4. The zero-order valence-corrected chi connectivity index (χ0v) is 15.9. The second-order valence-corrected chi connectivity index (χ2v) is 6.27. The molecule has 0 aliphatic carbocycles. The fourth-order valence-corrected chi connectivity index (χ4v) is 2.91. The Hall–Kier alpha value is -3.61. The molecule has 28 heavy (non-hydrogen) atoms. The number of rotatable bonds is 6. The molecule has 2 aromatic carbocycles. The van der Waals surface area contributed by atoms with Gasteiger partial charge in [-0.2, -0.15) is 5.10 Å². The molecule has 1 heterocycles. The van der Waals surface area contributed by atoms with Gasteiger partial charge in [-0.1, -0.05) is 30.3 Å². The van der Waals surface area contributed by atoms with Crippen molar-refractivity contribution in [3.8, 4) is 11.5 Å². The smallest absolute Gasteiger partial charge is 0.346 e. The minimum atomic E-state index is -1.19. The summed E-state index contributed by atoms with van der Waals surface area (Å²) in [5.74, 6) is 0.930. The first-order valence-electron chi connectivity index (χ1n) is 8.64. The van der Waals surface area contributed by atoms with E-state index in [1.165, 1.54) is 6.21 Å². The summed E-state index contributed by atoms with van der Waals surface area (Å²) in [6.07, 6.45) is 4.81. The first-order chi connectivity index (χ1) is 13.5. The molecule has 144 valence electrons. The van der Waals surface area contributed by atoms with Crippen molar-refractivity contribution < 1.29 is 19.1 Å². The normalized spacial score (nSPS) is 19.5. The van der Waals surface area contributed by atoms with E-state index in [0.717, 1.165) is 10.6 Å². The summed E-state index contributed by atoms with van der Waals surface area (Å²) in [5.41, 5.74) is 0.318. The summed E-state index contributed by atoms with van der Waals surface area (Å²) in [7, 11) is 3.15. The van der Waals surface area contributed by atoms with Gasteiger partial charge in [-0.3, -0.25) is 4.79 Å². The van der Waals surface area contributed by atoms with E-state index in [1.54, 1.807) is 57.6 Å². The van der Waals surface area contributed by atoms with Gasteiger partial charge in [0.25, 0.3) is 5.91 Å². The molecule has 3 amide bonds. The Morgan fingerprint density at radius 3 is 2.43 bits per heavy atom. The number of imide groups is 1. The second-order valence-electron chi connectivity index (χ2n) is 6.27. The fourth-order valence-electron chi connectivity index (χ4n) is 2.91. The number of ether oxygens (including phenoxy) is 2. The summed E-state index contributed by atoms with van der Waals surface area (Å²) in [4.78, 5) is 25.1. The molecule has 1 saturated heterocycles. The Balaban J connectivity index is 1.76. The zero-order valence-electron chi connectivity index (χ0n) is 15.9. The maximum atomic E-state index is 12.8. The largest absolute Gasteiger partial charge is 0.497 e. The van der Waals surface area contributed by atoms with Crippen LogP contribution in [0.3, 0.4) is 0 Å². The summed E-state index contributed by atoms with van der Waals surface area (Å²) in [6, 6.07) is 13.9. The molecule has 0 aromatic heterocycles. The minimum Gasteiger partial charge on any atom is -0.497 e. The van der Waals surface area contributed by atoms with E-state index in [2.05, 4.69) is 10.4 Å². The highest BCUT2D eigenvalue weighted by atomic mass is 16.5. The Kier molecular flexibility index (Phi) is 5.44. The average Bonchev–Trinajstić information content (AvgIpc) is 2.95. The number of allylic oxidation sites excluding steroid dienone is 1. The zero-order chi connectivity index (χ0) is 20.1. The molecule has 1 unspecified atom stereocenters. The monoisotopic (exact) mass is 379 g/mol. The van der Waals surface area contributed by atoms with E-state index in [4.69, 9.17) is 9.47 Å². The van der Waals surface area contributed by atoms with Gasteiger partial charge in [0.15, 0.2) is 0 Å². The number of hydrogen-bond acceptors (Lipinski definition) is 5. The lowest BCUT2D eigenvalue weighted by molar-refractivity contribution is -0.131. The lowest BCUT2D eigenvalue weighted by Gasteiger charge is -2.21. The molecule has 0 bridgehead atoms. The van der Waals surface area contributed by atoms with Crippen LogP contribution in [0.15, 0.2) is 59.7 Å². The molecule has 1 fully saturated rings. The highest BCUT2D eigenvalue weighted by Crippen LogP contribution is 2.30. The van der Waals surface area contributed by atoms with E-state index in [9.17, 15) is 9.59 Å². The SMILES string of the molecule is COc1ccc(C2(C)NC(=O)N(/N=C/C=C/c3ccccc3OC)C2=O)cc1. The van der Waals surface area contributed by atoms with Crippen LogP contribution in [-0.4, -0.2) is 37.4 Å². The van der Waals surface area contributed by atoms with Crippen LogP contribution in [-0.2, 0) is 10.3 Å². The van der Waals surface area contributed by atoms with Crippen LogP contribution >= 0.6 is 0 Å². The number of para-hydroxylation sites is 1. The van der Waals surface area contributed by atoms with Crippen molar-refractivity contribution in [3.05, 3.63) is 65.7 Å². The van der Waals surface area contributed by atoms with Gasteiger partial charge >= 0.3 is 6.03 Å². The summed E-state index contributed by atoms with van der Waals surface area (Å²) in [6.45, 7) is 1.65. The van der Waals surface area contributed by atoms with Crippen molar-refractivity contribution in [3.63, 3.8) is 0 Å². The number of hydrogen-bond donors (Lipinski definition) is 1. The van der Waals surface area contributed by atoms with Crippen molar-refractivity contribution in [2.45, 2.75) is 12.5 Å². The second kappa shape index (κ2) is 7.96. The van der Waals surface area contributed by atoms with Crippen LogP contribution in [0.4, 0.5) is 4.79 Å². The highest BCUT2D eigenvalue weighted by Gasteiger charge is 2.49. The third kappa shape index (κ3) is 3.59. The topological polar surface area (TPSA) is 80.2 Å². The molecule has 1 aliphatic rings. The van der Waals surface area contributed by atoms with Gasteiger partial charge in [-0.25, -0.2) is 4.79 Å². The van der Waals surface area contributed by atoms with Crippen LogP contribution in [0, 0.1) is 0 Å². The number of nitrogens with one attached hydrogen (secondary N) is 1. The van der Waals surface area contributed by atoms with Crippen LogP contribution in [0.1, 0.15) is 18.1 Å². The van der Waals surface area contributed by atoms with Crippen molar-refractivity contribution in [2.24, 2.45) is 5.10 Å². The van der Waals surface area contributed by atoms with E-state index < -0.39 is 17.5 Å². The lowest BCUT2D eigenvalue weighted by atomic mass is 9.92. The van der Waals surface area contributed by atoms with Gasteiger partial charge in [0.05, 0.1) is 14.2 Å². The van der Waals surface area contributed by atoms with E-state index in [-0.39, 0.29) is 0 Å². The number of hydrazone groups is 1. The van der Waals surface area contributed by atoms with E-state index in [1.807, 2.05) is 24.3 Å². The maximum absolute atomic E-state index is 12.8. The Morgan fingerprint density at radius 1 is 1.04 bits per heavy atom. The van der Waals surface area contributed by atoms with Gasteiger partial charge in [-0.05, 0) is 42.8 Å². The van der Waals surface area contributed by atoms with Crippen molar-refractivity contribution in [1.29, 1.82) is 0 Å². The van der Waals surface area contributed by atoms with Crippen LogP contribution < -0.4 is 14.8 Å². The average molecular weight is 379 g/mol. The predicted molar refractivity (Wildman–Crippen MR) is 106 cm³/mol. The van der Waals surface area contributed by atoms with E-state index >= 15 is 0 Å². The van der Waals surface area contributed by atoms with E-state index in [0.29, 0.717) is 17.1 Å². The van der Waals surface area contributed by atoms with Gasteiger partial charge in [0.1, 0.15) is 17.0 Å². The van der Waals surface area contributed by atoms with Crippen LogP contribution in [0.5, 0.6) is 11.5 Å². The number of methoxy groups -OCH3 is 2. The number of amides is 3.